The summed E-state index contributed by atoms with van der Waals surface area (Å²) in [5, 5.41) is 7.34. The third-order valence-electron chi connectivity index (χ3n) is 4.17. The van der Waals surface area contributed by atoms with E-state index in [1.54, 1.807) is 23.0 Å². The maximum atomic E-state index is 13.5. The molecule has 1 atom stereocenters. The number of benzene rings is 2. The second-order valence-electron chi connectivity index (χ2n) is 5.67. The molecular weight excluding hydrogens is 373 g/mol. The van der Waals surface area contributed by atoms with Crippen LogP contribution in [0.4, 0.5) is 10.2 Å². The van der Waals surface area contributed by atoms with Crippen LogP contribution in [0.1, 0.15) is 23.5 Å². The summed E-state index contributed by atoms with van der Waals surface area (Å²) in [4.78, 5) is 12.2. The SMILES string of the molecule is O=C1C[C@H](c2ccc(F)c(Br)c2)c2cnn(-c3ccccc3)c2N1. The molecule has 0 aliphatic carbocycles. The van der Waals surface area contributed by atoms with Crippen LogP contribution < -0.4 is 5.32 Å². The zero-order chi connectivity index (χ0) is 16.7. The summed E-state index contributed by atoms with van der Waals surface area (Å²) in [6, 6.07) is 14.5. The van der Waals surface area contributed by atoms with Crippen LogP contribution in [0.5, 0.6) is 0 Å². The number of rotatable bonds is 2. The van der Waals surface area contributed by atoms with Crippen molar-refractivity contribution in [2.75, 3.05) is 5.32 Å². The average molecular weight is 386 g/mol. The predicted octanol–water partition coefficient (Wildman–Crippen LogP) is 4.25. The number of nitrogens with one attached hydrogen (secondary N) is 1. The Kier molecular flexibility index (Phi) is 3.69. The van der Waals surface area contributed by atoms with E-state index in [9.17, 15) is 9.18 Å². The van der Waals surface area contributed by atoms with E-state index in [0.29, 0.717) is 16.7 Å². The van der Waals surface area contributed by atoms with Gasteiger partial charge in [0, 0.05) is 17.9 Å². The fourth-order valence-corrected chi connectivity index (χ4v) is 3.41. The van der Waals surface area contributed by atoms with Gasteiger partial charge in [0.15, 0.2) is 0 Å². The van der Waals surface area contributed by atoms with Crippen molar-refractivity contribution in [3.8, 4) is 5.69 Å². The maximum absolute atomic E-state index is 13.5. The first-order valence-electron chi connectivity index (χ1n) is 7.51. The van der Waals surface area contributed by atoms with Gasteiger partial charge in [0.2, 0.25) is 5.91 Å². The highest BCUT2D eigenvalue weighted by Gasteiger charge is 2.30. The molecule has 0 saturated heterocycles. The summed E-state index contributed by atoms with van der Waals surface area (Å²) in [6.45, 7) is 0. The molecule has 0 unspecified atom stereocenters. The molecule has 1 aromatic heterocycles. The monoisotopic (exact) mass is 385 g/mol. The fourth-order valence-electron chi connectivity index (χ4n) is 3.01. The number of carbonyl (C=O) groups is 1. The van der Waals surface area contributed by atoms with Gasteiger partial charge in [0.25, 0.3) is 0 Å². The van der Waals surface area contributed by atoms with E-state index >= 15 is 0 Å². The first-order chi connectivity index (χ1) is 11.6. The van der Waals surface area contributed by atoms with Crippen molar-refractivity contribution >= 4 is 27.7 Å². The second kappa shape index (κ2) is 5.87. The fraction of sp³-hybridized carbons (Fsp3) is 0.111. The van der Waals surface area contributed by atoms with Crippen molar-refractivity contribution in [1.29, 1.82) is 0 Å². The third-order valence-corrected chi connectivity index (χ3v) is 4.77. The molecule has 6 heteroatoms. The molecule has 2 aromatic carbocycles. The number of halogens is 2. The Morgan fingerprint density at radius 3 is 2.75 bits per heavy atom. The van der Waals surface area contributed by atoms with Crippen molar-refractivity contribution in [1.82, 2.24) is 9.78 Å². The number of hydrogen-bond acceptors (Lipinski definition) is 2. The minimum absolute atomic E-state index is 0.0781. The van der Waals surface area contributed by atoms with Gasteiger partial charge < -0.3 is 5.32 Å². The van der Waals surface area contributed by atoms with Gasteiger partial charge in [-0.05, 0) is 45.8 Å². The van der Waals surface area contributed by atoms with Crippen molar-refractivity contribution in [3.05, 3.63) is 76.1 Å². The number of para-hydroxylation sites is 1. The van der Waals surface area contributed by atoms with Crippen molar-refractivity contribution in [3.63, 3.8) is 0 Å². The summed E-state index contributed by atoms with van der Waals surface area (Å²) < 4.78 is 15.6. The lowest BCUT2D eigenvalue weighted by molar-refractivity contribution is -0.116. The van der Waals surface area contributed by atoms with Crippen LogP contribution in [0.2, 0.25) is 0 Å². The van der Waals surface area contributed by atoms with E-state index in [4.69, 9.17) is 0 Å². The Hall–Kier alpha value is -2.47. The molecule has 0 saturated carbocycles. The van der Waals surface area contributed by atoms with Crippen LogP contribution in [0.3, 0.4) is 0 Å². The number of nitrogens with zero attached hydrogens (tertiary/aromatic N) is 2. The van der Waals surface area contributed by atoms with Gasteiger partial charge >= 0.3 is 0 Å². The number of amides is 1. The second-order valence-corrected chi connectivity index (χ2v) is 6.53. The van der Waals surface area contributed by atoms with Crippen LogP contribution in [-0.2, 0) is 4.79 Å². The van der Waals surface area contributed by atoms with Gasteiger partial charge in [0.05, 0.1) is 16.4 Å². The highest BCUT2D eigenvalue weighted by molar-refractivity contribution is 9.10. The molecule has 0 radical (unpaired) electrons. The molecule has 4 rings (SSSR count). The van der Waals surface area contributed by atoms with Crippen LogP contribution in [0.15, 0.2) is 59.2 Å². The van der Waals surface area contributed by atoms with E-state index in [1.807, 2.05) is 30.3 Å². The van der Waals surface area contributed by atoms with Gasteiger partial charge in [-0.2, -0.15) is 5.10 Å². The van der Waals surface area contributed by atoms with E-state index in [2.05, 4.69) is 26.3 Å². The Labute approximate surface area is 146 Å². The topological polar surface area (TPSA) is 46.9 Å². The molecule has 1 aliphatic heterocycles. The highest BCUT2D eigenvalue weighted by atomic mass is 79.9. The minimum Gasteiger partial charge on any atom is -0.310 e. The Morgan fingerprint density at radius 1 is 1.21 bits per heavy atom. The van der Waals surface area contributed by atoms with Crippen LogP contribution in [0, 0.1) is 5.82 Å². The van der Waals surface area contributed by atoms with Gasteiger partial charge in [-0.15, -0.1) is 0 Å². The number of anilines is 1. The average Bonchev–Trinajstić information content (AvgIpc) is 3.01. The normalized spacial score (nSPS) is 16.6. The molecule has 24 heavy (non-hydrogen) atoms. The highest BCUT2D eigenvalue weighted by Crippen LogP contribution is 2.38. The summed E-state index contributed by atoms with van der Waals surface area (Å²) >= 11 is 3.21. The lowest BCUT2D eigenvalue weighted by atomic mass is 9.87. The molecule has 120 valence electrons. The lowest BCUT2D eigenvalue weighted by Gasteiger charge is -2.24. The molecule has 1 N–H and O–H groups in total. The van der Waals surface area contributed by atoms with Crippen LogP contribution in [-0.4, -0.2) is 15.7 Å². The van der Waals surface area contributed by atoms with E-state index in [1.165, 1.54) is 6.07 Å². The van der Waals surface area contributed by atoms with Gasteiger partial charge in [0.1, 0.15) is 11.6 Å². The zero-order valence-corrected chi connectivity index (χ0v) is 14.1. The minimum atomic E-state index is -0.320. The number of carbonyl (C=O) groups excluding carboxylic acids is 1. The van der Waals surface area contributed by atoms with Gasteiger partial charge in [-0.1, -0.05) is 24.3 Å². The molecular formula is C18H13BrFN3O. The molecule has 2 heterocycles. The number of hydrogen-bond donors (Lipinski definition) is 1. The number of fused-ring (bicyclic) bond motifs is 1. The largest absolute Gasteiger partial charge is 0.310 e. The molecule has 0 fully saturated rings. The predicted molar refractivity (Wildman–Crippen MR) is 92.8 cm³/mol. The van der Waals surface area contributed by atoms with E-state index in [-0.39, 0.29) is 17.6 Å². The van der Waals surface area contributed by atoms with Crippen molar-refractivity contribution in [2.24, 2.45) is 0 Å². The molecule has 3 aromatic rings. The maximum Gasteiger partial charge on any atom is 0.226 e. The molecule has 1 aliphatic rings. The standard InChI is InChI=1S/C18H13BrFN3O/c19-15-8-11(6-7-16(15)20)13-9-17(24)22-18-14(13)10-21-23(18)12-4-2-1-3-5-12/h1-8,10,13H,9H2,(H,22,24)/t13-/m1/s1. The third kappa shape index (κ3) is 2.53. The lowest BCUT2D eigenvalue weighted by Crippen LogP contribution is -2.24. The number of aromatic nitrogens is 2. The first kappa shape index (κ1) is 15.1. The zero-order valence-electron chi connectivity index (χ0n) is 12.5. The summed E-state index contributed by atoms with van der Waals surface area (Å²) in [5.41, 5.74) is 2.68. The first-order valence-corrected chi connectivity index (χ1v) is 8.31. The summed E-state index contributed by atoms with van der Waals surface area (Å²) in [5.74, 6) is 0.121. The van der Waals surface area contributed by atoms with E-state index < -0.39 is 0 Å². The van der Waals surface area contributed by atoms with Crippen molar-refractivity contribution in [2.45, 2.75) is 12.3 Å². The van der Waals surface area contributed by atoms with Crippen LogP contribution in [0.25, 0.3) is 5.69 Å². The summed E-state index contributed by atoms with van der Waals surface area (Å²) in [7, 11) is 0. The van der Waals surface area contributed by atoms with Gasteiger partial charge in [-0.25, -0.2) is 9.07 Å². The quantitative estimate of drug-likeness (QED) is 0.716. The Morgan fingerprint density at radius 2 is 2.00 bits per heavy atom. The smallest absolute Gasteiger partial charge is 0.226 e. The van der Waals surface area contributed by atoms with Gasteiger partial charge in [-0.3, -0.25) is 4.79 Å². The Balaban J connectivity index is 1.82. The molecule has 1 amide bonds. The Bertz CT molecular complexity index is 923. The van der Waals surface area contributed by atoms with E-state index in [0.717, 1.165) is 16.8 Å². The van der Waals surface area contributed by atoms with Crippen molar-refractivity contribution < 1.29 is 9.18 Å². The summed E-state index contributed by atoms with van der Waals surface area (Å²) in [6.07, 6.45) is 2.08. The molecule has 4 nitrogen and oxygen atoms in total. The molecule has 0 spiro atoms. The molecule has 0 bridgehead atoms. The van der Waals surface area contributed by atoms with Crippen LogP contribution >= 0.6 is 15.9 Å².